The Balaban J connectivity index is 0.00000243. The number of ether oxygens (including phenoxy) is 1. The molecule has 138 valence electrons. The van der Waals surface area contributed by atoms with Gasteiger partial charge in [0.25, 0.3) is 5.91 Å². The van der Waals surface area contributed by atoms with Crippen LogP contribution in [-0.4, -0.2) is 24.5 Å². The van der Waals surface area contributed by atoms with E-state index in [9.17, 15) is 9.59 Å². The molecule has 1 heterocycles. The minimum atomic E-state index is -0.362. The van der Waals surface area contributed by atoms with Gasteiger partial charge in [0.15, 0.2) is 0 Å². The molecule has 2 aromatic carbocycles. The Labute approximate surface area is 158 Å². The average Bonchev–Trinajstić information content (AvgIpc) is 3.13. The lowest BCUT2D eigenvalue weighted by atomic mass is 10.1. The van der Waals surface area contributed by atoms with Crippen molar-refractivity contribution in [3.05, 3.63) is 54.1 Å². The lowest BCUT2D eigenvalue weighted by Gasteiger charge is -2.11. The number of carbonyl (C=O) groups excluding carboxylic acids is 2. The van der Waals surface area contributed by atoms with Gasteiger partial charge in [0, 0.05) is 23.7 Å². The van der Waals surface area contributed by atoms with E-state index in [2.05, 4.69) is 10.6 Å². The molecule has 1 aliphatic heterocycles. The molecule has 1 saturated heterocycles. The van der Waals surface area contributed by atoms with Crippen LogP contribution >= 0.6 is 12.4 Å². The van der Waals surface area contributed by atoms with Gasteiger partial charge < -0.3 is 21.1 Å². The Kier molecular flexibility index (Phi) is 7.00. The van der Waals surface area contributed by atoms with Crippen molar-refractivity contribution in [3.8, 4) is 0 Å². The molecule has 2 amide bonds. The van der Waals surface area contributed by atoms with Crippen LogP contribution in [0.4, 0.5) is 17.1 Å². The molecule has 3 rings (SSSR count). The first kappa shape index (κ1) is 19.8. The molecule has 4 N–H and O–H groups in total. The van der Waals surface area contributed by atoms with E-state index in [1.165, 1.54) is 0 Å². The Morgan fingerprint density at radius 2 is 1.62 bits per heavy atom. The second-order valence-electron chi connectivity index (χ2n) is 6.03. The normalized spacial score (nSPS) is 15.8. The average molecular weight is 376 g/mol. The van der Waals surface area contributed by atoms with E-state index in [0.717, 1.165) is 18.4 Å². The number of hydrogen-bond acceptors (Lipinski definition) is 4. The van der Waals surface area contributed by atoms with Crippen molar-refractivity contribution >= 4 is 41.3 Å². The molecule has 0 aliphatic carbocycles. The van der Waals surface area contributed by atoms with Gasteiger partial charge in [-0.05, 0) is 54.8 Å². The lowest BCUT2D eigenvalue weighted by Crippen LogP contribution is -2.26. The second-order valence-corrected chi connectivity index (χ2v) is 6.03. The predicted molar refractivity (Wildman–Crippen MR) is 104 cm³/mol. The summed E-state index contributed by atoms with van der Waals surface area (Å²) >= 11 is 0. The highest BCUT2D eigenvalue weighted by Gasteiger charge is 2.23. The Bertz CT molecular complexity index is 742. The number of benzene rings is 2. The molecule has 0 spiro atoms. The fraction of sp³-hybridized carbons (Fsp3) is 0.263. The van der Waals surface area contributed by atoms with E-state index >= 15 is 0 Å². The maximum atomic E-state index is 12.1. The summed E-state index contributed by atoms with van der Waals surface area (Å²) in [6.07, 6.45) is 1.58. The highest BCUT2D eigenvalue weighted by atomic mass is 35.5. The summed E-state index contributed by atoms with van der Waals surface area (Å²) in [4.78, 5) is 24.1. The van der Waals surface area contributed by atoms with Gasteiger partial charge in [-0.25, -0.2) is 0 Å². The number of halogens is 1. The van der Waals surface area contributed by atoms with Crippen LogP contribution in [0, 0.1) is 0 Å². The predicted octanol–water partition coefficient (Wildman–Crippen LogP) is 2.99. The minimum absolute atomic E-state index is 0. The molecule has 0 radical (unpaired) electrons. The number of nitrogens with two attached hydrogens (primary N) is 1. The lowest BCUT2D eigenvalue weighted by molar-refractivity contribution is -0.124. The number of hydrogen-bond donors (Lipinski definition) is 3. The first-order chi connectivity index (χ1) is 12.1. The molecule has 1 unspecified atom stereocenters. The van der Waals surface area contributed by atoms with Crippen molar-refractivity contribution in [1.82, 2.24) is 0 Å². The van der Waals surface area contributed by atoms with Crippen LogP contribution in [0.15, 0.2) is 48.5 Å². The molecule has 7 heteroatoms. The third-order valence-electron chi connectivity index (χ3n) is 4.00. The third-order valence-corrected chi connectivity index (χ3v) is 4.00. The van der Waals surface area contributed by atoms with Crippen molar-refractivity contribution < 1.29 is 14.3 Å². The van der Waals surface area contributed by atoms with E-state index in [-0.39, 0.29) is 36.7 Å². The van der Waals surface area contributed by atoms with E-state index in [1.807, 2.05) is 12.1 Å². The van der Waals surface area contributed by atoms with E-state index < -0.39 is 0 Å². The smallest absolute Gasteiger partial charge is 0.253 e. The molecular weight excluding hydrogens is 354 g/mol. The van der Waals surface area contributed by atoms with Gasteiger partial charge in [-0.2, -0.15) is 0 Å². The molecule has 1 atom stereocenters. The number of nitrogen functional groups attached to an aromatic ring is 1. The van der Waals surface area contributed by atoms with E-state index in [1.54, 1.807) is 36.4 Å². The summed E-state index contributed by atoms with van der Waals surface area (Å²) in [7, 11) is 0. The van der Waals surface area contributed by atoms with Gasteiger partial charge >= 0.3 is 0 Å². The number of carbonyl (C=O) groups is 2. The van der Waals surface area contributed by atoms with Gasteiger partial charge in [0.2, 0.25) is 5.91 Å². The highest BCUT2D eigenvalue weighted by Crippen LogP contribution is 2.17. The molecule has 0 bridgehead atoms. The molecule has 1 aliphatic rings. The summed E-state index contributed by atoms with van der Waals surface area (Å²) < 4.78 is 5.35. The third kappa shape index (κ3) is 5.47. The largest absolute Gasteiger partial charge is 0.399 e. The zero-order chi connectivity index (χ0) is 17.6. The monoisotopic (exact) mass is 375 g/mol. The van der Waals surface area contributed by atoms with Crippen molar-refractivity contribution in [2.24, 2.45) is 0 Å². The first-order valence-electron chi connectivity index (χ1n) is 8.27. The van der Waals surface area contributed by atoms with Crippen molar-refractivity contribution in [1.29, 1.82) is 0 Å². The summed E-state index contributed by atoms with van der Waals surface area (Å²) in [5.41, 5.74) is 8.55. The van der Waals surface area contributed by atoms with Gasteiger partial charge in [-0.1, -0.05) is 12.1 Å². The molecular formula is C19H22ClN3O3. The zero-order valence-corrected chi connectivity index (χ0v) is 15.1. The fourth-order valence-electron chi connectivity index (χ4n) is 2.67. The van der Waals surface area contributed by atoms with Crippen molar-refractivity contribution in [2.75, 3.05) is 23.0 Å². The molecule has 0 saturated carbocycles. The van der Waals surface area contributed by atoms with Gasteiger partial charge in [-0.3, -0.25) is 9.59 Å². The van der Waals surface area contributed by atoms with Gasteiger partial charge in [0.1, 0.15) is 6.10 Å². The summed E-state index contributed by atoms with van der Waals surface area (Å²) in [6.45, 7) is 0.636. The summed E-state index contributed by atoms with van der Waals surface area (Å²) in [6, 6.07) is 14.2. The SMILES string of the molecule is Cl.Nc1ccc(CC(=O)Nc2ccc(NC(=O)C3CCCO3)cc2)cc1. The van der Waals surface area contributed by atoms with Crippen LogP contribution in [0.1, 0.15) is 18.4 Å². The number of anilines is 3. The summed E-state index contributed by atoms with van der Waals surface area (Å²) in [5, 5.41) is 5.65. The summed E-state index contributed by atoms with van der Waals surface area (Å²) in [5.74, 6) is -0.237. The van der Waals surface area contributed by atoms with Crippen LogP contribution in [0.2, 0.25) is 0 Å². The van der Waals surface area contributed by atoms with Crippen molar-refractivity contribution in [2.45, 2.75) is 25.4 Å². The molecule has 6 nitrogen and oxygen atoms in total. The molecule has 2 aromatic rings. The molecule has 0 aromatic heterocycles. The maximum absolute atomic E-state index is 12.1. The van der Waals surface area contributed by atoms with Gasteiger partial charge in [0.05, 0.1) is 6.42 Å². The zero-order valence-electron chi connectivity index (χ0n) is 14.2. The highest BCUT2D eigenvalue weighted by molar-refractivity contribution is 5.95. The first-order valence-corrected chi connectivity index (χ1v) is 8.27. The second kappa shape index (κ2) is 9.22. The Morgan fingerprint density at radius 1 is 1.00 bits per heavy atom. The standard InChI is InChI=1S/C19H21N3O3.ClH/c20-14-5-3-13(4-6-14)12-18(23)21-15-7-9-16(10-8-15)22-19(24)17-2-1-11-25-17;/h3-10,17H,1-2,11-12,20H2,(H,21,23)(H,22,24);1H. The van der Waals surface area contributed by atoms with Crippen LogP contribution in [0.25, 0.3) is 0 Å². The minimum Gasteiger partial charge on any atom is -0.399 e. The quantitative estimate of drug-likeness (QED) is 0.700. The maximum Gasteiger partial charge on any atom is 0.253 e. The van der Waals surface area contributed by atoms with Crippen molar-refractivity contribution in [3.63, 3.8) is 0 Å². The van der Waals surface area contributed by atoms with Crippen LogP contribution in [0.3, 0.4) is 0 Å². The molecule has 1 fully saturated rings. The van der Waals surface area contributed by atoms with Gasteiger partial charge in [-0.15, -0.1) is 12.4 Å². The number of rotatable bonds is 5. The van der Waals surface area contributed by atoms with E-state index in [0.29, 0.717) is 23.7 Å². The van der Waals surface area contributed by atoms with Crippen LogP contribution in [-0.2, 0) is 20.7 Å². The topological polar surface area (TPSA) is 93.5 Å². The van der Waals surface area contributed by atoms with Crippen LogP contribution in [0.5, 0.6) is 0 Å². The molecule has 26 heavy (non-hydrogen) atoms. The fourth-order valence-corrected chi connectivity index (χ4v) is 2.67. The Hall–Kier alpha value is -2.57. The van der Waals surface area contributed by atoms with Crippen LogP contribution < -0.4 is 16.4 Å². The number of nitrogens with one attached hydrogen (secondary N) is 2. The Morgan fingerprint density at radius 3 is 2.19 bits per heavy atom. The van der Waals surface area contributed by atoms with E-state index in [4.69, 9.17) is 10.5 Å². The number of amides is 2.